The maximum Gasteiger partial charge on any atom is 0.262 e. The van der Waals surface area contributed by atoms with Crippen molar-refractivity contribution < 1.29 is 9.59 Å². The first-order valence-corrected chi connectivity index (χ1v) is 10.9. The summed E-state index contributed by atoms with van der Waals surface area (Å²) < 4.78 is 0. The van der Waals surface area contributed by atoms with Gasteiger partial charge in [0.25, 0.3) is 11.8 Å². The maximum atomic E-state index is 12.4. The predicted octanol–water partition coefficient (Wildman–Crippen LogP) is 5.39. The highest BCUT2D eigenvalue weighted by molar-refractivity contribution is 8.04. The van der Waals surface area contributed by atoms with Gasteiger partial charge in [0.2, 0.25) is 0 Å². The van der Waals surface area contributed by atoms with Gasteiger partial charge < -0.3 is 10.6 Å². The van der Waals surface area contributed by atoms with E-state index in [4.69, 9.17) is 0 Å². The number of amides is 2. The number of fused-ring (bicyclic) bond motifs is 1. The van der Waals surface area contributed by atoms with Crippen LogP contribution >= 0.6 is 11.8 Å². The van der Waals surface area contributed by atoms with E-state index >= 15 is 0 Å². The molecule has 2 amide bonds. The molecule has 148 valence electrons. The lowest BCUT2D eigenvalue weighted by Gasteiger charge is -2.18. The number of hydrogen-bond donors (Lipinski definition) is 2. The van der Waals surface area contributed by atoms with Gasteiger partial charge in [0, 0.05) is 17.0 Å². The van der Waals surface area contributed by atoms with Crippen LogP contribution in [-0.2, 0) is 4.79 Å². The fourth-order valence-electron chi connectivity index (χ4n) is 3.56. The summed E-state index contributed by atoms with van der Waals surface area (Å²) in [7, 11) is 0. The van der Waals surface area contributed by atoms with Crippen molar-refractivity contribution in [2.24, 2.45) is 0 Å². The second-order valence-corrected chi connectivity index (χ2v) is 8.38. The van der Waals surface area contributed by atoms with Gasteiger partial charge in [-0.15, -0.1) is 0 Å². The zero-order chi connectivity index (χ0) is 20.1. The van der Waals surface area contributed by atoms with Crippen molar-refractivity contribution in [3.63, 3.8) is 0 Å². The number of benzene rings is 2. The molecule has 5 heteroatoms. The van der Waals surface area contributed by atoms with Gasteiger partial charge in [-0.25, -0.2) is 0 Å². The normalized spacial score (nSPS) is 17.3. The summed E-state index contributed by atoms with van der Waals surface area (Å²) in [5, 5.41) is 5.91. The fraction of sp³-hybridized carbons (Fsp3) is 0.250. The lowest BCUT2D eigenvalue weighted by Crippen LogP contribution is -2.24. The average molecular weight is 405 g/mol. The lowest BCUT2D eigenvalue weighted by molar-refractivity contribution is -0.112. The maximum absolute atomic E-state index is 12.4. The Morgan fingerprint density at radius 2 is 1.93 bits per heavy atom. The minimum absolute atomic E-state index is 0.0562. The van der Waals surface area contributed by atoms with Crippen molar-refractivity contribution >= 4 is 35.3 Å². The molecular formula is C24H24N2O2S. The highest BCUT2D eigenvalue weighted by Crippen LogP contribution is 2.38. The van der Waals surface area contributed by atoms with Crippen LogP contribution in [0.5, 0.6) is 0 Å². The van der Waals surface area contributed by atoms with Gasteiger partial charge in [-0.2, -0.15) is 0 Å². The first-order valence-electron chi connectivity index (χ1n) is 10.1. The van der Waals surface area contributed by atoms with Crippen LogP contribution in [0.15, 0.2) is 70.0 Å². The van der Waals surface area contributed by atoms with Crippen LogP contribution in [0.2, 0.25) is 0 Å². The summed E-state index contributed by atoms with van der Waals surface area (Å²) in [4.78, 5) is 26.3. The number of nitrogens with one attached hydrogen (secondary N) is 2. The van der Waals surface area contributed by atoms with E-state index < -0.39 is 0 Å². The molecular weight excluding hydrogens is 380 g/mol. The van der Waals surface area contributed by atoms with Crippen LogP contribution in [0.3, 0.4) is 0 Å². The molecule has 0 saturated carbocycles. The first kappa shape index (κ1) is 19.5. The van der Waals surface area contributed by atoms with E-state index in [1.165, 1.54) is 36.6 Å². The number of thioether (sulfide) groups is 1. The molecule has 2 N–H and O–H groups in total. The molecule has 1 heterocycles. The third kappa shape index (κ3) is 4.98. The number of rotatable bonds is 5. The number of carbonyl (C=O) groups is 2. The highest BCUT2D eigenvalue weighted by Gasteiger charge is 2.20. The van der Waals surface area contributed by atoms with Crippen LogP contribution in [0, 0.1) is 0 Å². The van der Waals surface area contributed by atoms with Crippen molar-refractivity contribution in [2.45, 2.75) is 37.0 Å². The Morgan fingerprint density at radius 1 is 1.10 bits per heavy atom. The quantitative estimate of drug-likeness (QED) is 0.519. The molecule has 0 saturated heterocycles. The van der Waals surface area contributed by atoms with Gasteiger partial charge in [0.05, 0.1) is 10.6 Å². The second kappa shape index (κ2) is 9.14. The third-order valence-electron chi connectivity index (χ3n) is 5.17. The number of hydrogen-bond acceptors (Lipinski definition) is 3. The smallest absolute Gasteiger partial charge is 0.262 e. The Kier molecular flexibility index (Phi) is 6.15. The molecule has 2 aromatic carbocycles. The number of carbonyl (C=O) groups excluding carboxylic acids is 2. The molecule has 0 bridgehead atoms. The van der Waals surface area contributed by atoms with Crippen molar-refractivity contribution in [2.75, 3.05) is 11.9 Å². The minimum atomic E-state index is -0.104. The zero-order valence-electron chi connectivity index (χ0n) is 16.2. The van der Waals surface area contributed by atoms with E-state index in [1.807, 2.05) is 42.5 Å². The lowest BCUT2D eigenvalue weighted by atomic mass is 9.97. The zero-order valence-corrected chi connectivity index (χ0v) is 17.1. The van der Waals surface area contributed by atoms with E-state index in [0.717, 1.165) is 29.0 Å². The standard InChI is InChI=1S/C24H24N2O2S/c27-23(25-15-14-17-6-2-1-3-7-17)19-12-10-18(11-13-19)16-22-24(28)26-20-8-4-5-9-21(20)29-22/h4-6,8-13,16H,1-3,7,14-15H2,(H,25,27)(H,26,28). The van der Waals surface area contributed by atoms with Gasteiger partial charge in [0.15, 0.2) is 0 Å². The Morgan fingerprint density at radius 3 is 2.72 bits per heavy atom. The van der Waals surface area contributed by atoms with Gasteiger partial charge in [-0.1, -0.05) is 47.7 Å². The molecule has 0 unspecified atom stereocenters. The molecule has 0 fully saturated rings. The van der Waals surface area contributed by atoms with Crippen molar-refractivity contribution in [3.8, 4) is 0 Å². The molecule has 4 nitrogen and oxygen atoms in total. The third-order valence-corrected chi connectivity index (χ3v) is 6.27. The molecule has 0 spiro atoms. The van der Waals surface area contributed by atoms with Crippen LogP contribution in [-0.4, -0.2) is 18.4 Å². The molecule has 4 rings (SSSR count). The molecule has 0 atom stereocenters. The molecule has 0 radical (unpaired) electrons. The molecule has 1 aliphatic heterocycles. The molecule has 2 aromatic rings. The monoisotopic (exact) mass is 404 g/mol. The van der Waals surface area contributed by atoms with Gasteiger partial charge in [-0.3, -0.25) is 9.59 Å². The van der Waals surface area contributed by atoms with Crippen LogP contribution in [0.25, 0.3) is 6.08 Å². The minimum Gasteiger partial charge on any atom is -0.352 e. The molecule has 2 aliphatic rings. The van der Waals surface area contributed by atoms with Gasteiger partial charge in [0.1, 0.15) is 0 Å². The van der Waals surface area contributed by atoms with Crippen molar-refractivity contribution in [3.05, 3.63) is 76.2 Å². The van der Waals surface area contributed by atoms with E-state index in [2.05, 4.69) is 16.7 Å². The SMILES string of the molecule is O=C1Nc2ccccc2SC1=Cc1ccc(C(=O)NCCC2=CCCCC2)cc1. The average Bonchev–Trinajstić information content (AvgIpc) is 2.75. The second-order valence-electron chi connectivity index (χ2n) is 7.30. The summed E-state index contributed by atoms with van der Waals surface area (Å²) in [6.45, 7) is 0.673. The van der Waals surface area contributed by atoms with Crippen molar-refractivity contribution in [1.29, 1.82) is 0 Å². The van der Waals surface area contributed by atoms with Gasteiger partial charge in [-0.05, 0) is 68.0 Å². The Hall–Kier alpha value is -2.79. The first-order chi connectivity index (χ1) is 14.2. The Balaban J connectivity index is 1.36. The van der Waals surface area contributed by atoms with Crippen LogP contribution in [0.1, 0.15) is 48.0 Å². The van der Waals surface area contributed by atoms with Crippen LogP contribution < -0.4 is 10.6 Å². The summed E-state index contributed by atoms with van der Waals surface area (Å²) in [5.74, 6) is -0.160. The van der Waals surface area contributed by atoms with Crippen molar-refractivity contribution in [1.82, 2.24) is 5.32 Å². The summed E-state index contributed by atoms with van der Waals surface area (Å²) >= 11 is 1.46. The number of anilines is 1. The number of allylic oxidation sites excluding steroid dienone is 1. The summed E-state index contributed by atoms with van der Waals surface area (Å²) in [5.41, 5.74) is 3.83. The summed E-state index contributed by atoms with van der Waals surface area (Å²) in [6, 6.07) is 15.1. The van der Waals surface area contributed by atoms with Gasteiger partial charge >= 0.3 is 0 Å². The highest BCUT2D eigenvalue weighted by atomic mass is 32.2. The molecule has 1 aliphatic carbocycles. The van der Waals surface area contributed by atoms with Crippen LogP contribution in [0.4, 0.5) is 5.69 Å². The largest absolute Gasteiger partial charge is 0.352 e. The van der Waals surface area contributed by atoms with E-state index in [-0.39, 0.29) is 11.8 Å². The molecule has 29 heavy (non-hydrogen) atoms. The Bertz CT molecular complexity index is 977. The van der Waals surface area contributed by atoms with E-state index in [9.17, 15) is 9.59 Å². The van der Waals surface area contributed by atoms with E-state index in [1.54, 1.807) is 12.1 Å². The summed E-state index contributed by atoms with van der Waals surface area (Å²) in [6.07, 6.45) is 9.98. The molecule has 0 aromatic heterocycles. The topological polar surface area (TPSA) is 58.2 Å². The fourth-order valence-corrected chi connectivity index (χ4v) is 4.51. The van der Waals surface area contributed by atoms with E-state index in [0.29, 0.717) is 17.0 Å². The Labute approximate surface area is 175 Å². The number of para-hydroxylation sites is 1. The predicted molar refractivity (Wildman–Crippen MR) is 119 cm³/mol.